The minimum Gasteiger partial charge on any atom is -0.486 e. The minimum absolute atomic E-state index is 0.270. The number of fused-ring (bicyclic) bond motifs is 1. The molecule has 0 saturated heterocycles. The topological polar surface area (TPSA) is 91.1 Å². The van der Waals surface area contributed by atoms with Gasteiger partial charge in [0.25, 0.3) is 5.91 Å². The standard InChI is InChI=1S/C22H24ClN5O2S/c23-15-8-11-18-19(12-15)26-20(25-18)13-30-17-9-6-14(7-10-17)21(29)27-28-22(31)24-16-4-2-1-3-5-16/h6-12,16H,1-5,13H2,(H,25,26)(H,27,29)(H2,24,28,31). The van der Waals surface area contributed by atoms with Crippen molar-refractivity contribution >= 4 is 45.9 Å². The van der Waals surface area contributed by atoms with Crippen molar-refractivity contribution in [2.24, 2.45) is 0 Å². The second-order valence-corrected chi connectivity index (χ2v) is 8.39. The molecule has 3 aromatic rings. The highest BCUT2D eigenvalue weighted by Crippen LogP contribution is 2.19. The van der Waals surface area contributed by atoms with Gasteiger partial charge in [0.05, 0.1) is 11.0 Å². The summed E-state index contributed by atoms with van der Waals surface area (Å²) in [5.41, 5.74) is 7.59. The van der Waals surface area contributed by atoms with Gasteiger partial charge in [-0.25, -0.2) is 4.98 Å². The molecule has 1 heterocycles. The summed E-state index contributed by atoms with van der Waals surface area (Å²) in [4.78, 5) is 20.0. The number of carbonyl (C=O) groups excluding carboxylic acids is 1. The molecule has 1 aliphatic carbocycles. The van der Waals surface area contributed by atoms with Gasteiger partial charge in [-0.1, -0.05) is 30.9 Å². The number of aromatic nitrogens is 2. The van der Waals surface area contributed by atoms with Crippen LogP contribution in [-0.4, -0.2) is 27.0 Å². The monoisotopic (exact) mass is 457 g/mol. The molecule has 1 saturated carbocycles. The van der Waals surface area contributed by atoms with Crippen LogP contribution in [0, 0.1) is 0 Å². The molecular weight excluding hydrogens is 434 g/mol. The van der Waals surface area contributed by atoms with Crippen LogP contribution in [0.2, 0.25) is 5.02 Å². The van der Waals surface area contributed by atoms with Crippen LogP contribution >= 0.6 is 23.8 Å². The number of aromatic amines is 1. The van der Waals surface area contributed by atoms with E-state index in [4.69, 9.17) is 28.6 Å². The third-order valence-electron chi connectivity index (χ3n) is 5.21. The third kappa shape index (κ3) is 5.86. The van der Waals surface area contributed by atoms with Crippen molar-refractivity contribution in [1.29, 1.82) is 0 Å². The van der Waals surface area contributed by atoms with E-state index in [-0.39, 0.29) is 12.5 Å². The number of H-pyrrole nitrogens is 1. The number of halogens is 1. The average Bonchev–Trinajstić information content (AvgIpc) is 3.19. The molecule has 0 aliphatic heterocycles. The lowest BCUT2D eigenvalue weighted by Crippen LogP contribution is -2.50. The molecule has 0 bridgehead atoms. The van der Waals surface area contributed by atoms with Gasteiger partial charge in [-0.2, -0.15) is 0 Å². The predicted octanol–water partition coefficient (Wildman–Crippen LogP) is 4.24. The third-order valence-corrected chi connectivity index (χ3v) is 5.67. The average molecular weight is 458 g/mol. The number of amides is 1. The second-order valence-electron chi connectivity index (χ2n) is 7.55. The summed E-state index contributed by atoms with van der Waals surface area (Å²) in [5, 5.41) is 4.34. The van der Waals surface area contributed by atoms with Gasteiger partial charge in [-0.15, -0.1) is 0 Å². The Labute approximate surface area is 190 Å². The fraction of sp³-hybridized carbons (Fsp3) is 0.318. The largest absolute Gasteiger partial charge is 0.486 e. The van der Waals surface area contributed by atoms with E-state index < -0.39 is 0 Å². The molecular formula is C22H24ClN5O2S. The normalized spacial score (nSPS) is 14.2. The maximum Gasteiger partial charge on any atom is 0.269 e. The molecule has 1 amide bonds. The van der Waals surface area contributed by atoms with Gasteiger partial charge < -0.3 is 15.0 Å². The number of hydrogen-bond donors (Lipinski definition) is 4. The Hall–Kier alpha value is -2.84. The molecule has 0 atom stereocenters. The molecule has 31 heavy (non-hydrogen) atoms. The van der Waals surface area contributed by atoms with Gasteiger partial charge in [0.2, 0.25) is 0 Å². The number of thiocarbonyl (C=S) groups is 1. The fourth-order valence-corrected chi connectivity index (χ4v) is 4.00. The van der Waals surface area contributed by atoms with E-state index in [2.05, 4.69) is 26.1 Å². The molecule has 1 aromatic heterocycles. The Balaban J connectivity index is 1.25. The van der Waals surface area contributed by atoms with Crippen LogP contribution in [0.1, 0.15) is 48.3 Å². The van der Waals surface area contributed by atoms with Gasteiger partial charge in [0.15, 0.2) is 5.11 Å². The first-order valence-electron chi connectivity index (χ1n) is 10.3. The van der Waals surface area contributed by atoms with Crippen molar-refractivity contribution in [2.45, 2.75) is 44.8 Å². The molecule has 4 rings (SSSR count). The number of benzene rings is 2. The van der Waals surface area contributed by atoms with Crippen LogP contribution in [0.3, 0.4) is 0 Å². The van der Waals surface area contributed by atoms with Crippen LogP contribution in [-0.2, 0) is 6.61 Å². The molecule has 1 aliphatic rings. The molecule has 0 unspecified atom stereocenters. The molecule has 4 N–H and O–H groups in total. The van der Waals surface area contributed by atoms with Gasteiger partial charge >= 0.3 is 0 Å². The van der Waals surface area contributed by atoms with Crippen molar-refractivity contribution in [2.75, 3.05) is 0 Å². The zero-order valence-corrected chi connectivity index (χ0v) is 18.5. The summed E-state index contributed by atoms with van der Waals surface area (Å²) < 4.78 is 5.76. The van der Waals surface area contributed by atoms with Crippen molar-refractivity contribution in [3.05, 3.63) is 58.9 Å². The lowest BCUT2D eigenvalue weighted by Gasteiger charge is -2.24. The summed E-state index contributed by atoms with van der Waals surface area (Å²) in [6.07, 6.45) is 5.93. The Morgan fingerprint density at radius 2 is 1.90 bits per heavy atom. The zero-order valence-electron chi connectivity index (χ0n) is 16.9. The number of nitrogens with one attached hydrogen (secondary N) is 4. The molecule has 9 heteroatoms. The summed E-state index contributed by atoms with van der Waals surface area (Å²) >= 11 is 11.3. The molecule has 7 nitrogen and oxygen atoms in total. The first-order chi connectivity index (χ1) is 15.1. The van der Waals surface area contributed by atoms with Crippen molar-refractivity contribution in [3.63, 3.8) is 0 Å². The molecule has 1 fully saturated rings. The smallest absolute Gasteiger partial charge is 0.269 e. The zero-order chi connectivity index (χ0) is 21.6. The van der Waals surface area contributed by atoms with Gasteiger partial charge in [-0.05, 0) is 67.5 Å². The van der Waals surface area contributed by atoms with Crippen molar-refractivity contribution in [3.8, 4) is 5.75 Å². The Kier molecular flexibility index (Phi) is 6.89. The molecule has 162 valence electrons. The number of carbonyl (C=O) groups is 1. The Morgan fingerprint density at radius 3 is 2.68 bits per heavy atom. The highest BCUT2D eigenvalue weighted by Gasteiger charge is 2.14. The van der Waals surface area contributed by atoms with Gasteiger partial charge in [0.1, 0.15) is 18.2 Å². The Morgan fingerprint density at radius 1 is 1.13 bits per heavy atom. The summed E-state index contributed by atoms with van der Waals surface area (Å²) in [7, 11) is 0. The van der Waals surface area contributed by atoms with E-state index in [1.807, 2.05) is 12.1 Å². The number of imidazole rings is 1. The maximum atomic E-state index is 12.3. The maximum absolute atomic E-state index is 12.3. The summed E-state index contributed by atoms with van der Waals surface area (Å²) in [6.45, 7) is 0.278. The van der Waals surface area contributed by atoms with Gasteiger partial charge in [0, 0.05) is 16.6 Å². The lowest BCUT2D eigenvalue weighted by molar-refractivity contribution is 0.0943. The molecule has 0 spiro atoms. The fourth-order valence-electron chi connectivity index (χ4n) is 3.61. The van der Waals surface area contributed by atoms with Crippen molar-refractivity contribution in [1.82, 2.24) is 26.1 Å². The van der Waals surface area contributed by atoms with Crippen molar-refractivity contribution < 1.29 is 9.53 Å². The quantitative estimate of drug-likeness (QED) is 0.338. The van der Waals surface area contributed by atoms with E-state index >= 15 is 0 Å². The molecule has 0 radical (unpaired) electrons. The minimum atomic E-state index is -0.270. The Bertz CT molecular complexity index is 1060. The number of nitrogens with zero attached hydrogens (tertiary/aromatic N) is 1. The van der Waals surface area contributed by atoms with E-state index in [1.54, 1.807) is 30.3 Å². The van der Waals surface area contributed by atoms with Crippen LogP contribution < -0.4 is 20.9 Å². The molecule has 2 aromatic carbocycles. The highest BCUT2D eigenvalue weighted by atomic mass is 35.5. The lowest BCUT2D eigenvalue weighted by atomic mass is 9.96. The van der Waals surface area contributed by atoms with Crippen LogP contribution in [0.5, 0.6) is 5.75 Å². The first-order valence-corrected chi connectivity index (χ1v) is 11.1. The number of rotatable bonds is 5. The predicted molar refractivity (Wildman–Crippen MR) is 125 cm³/mol. The van der Waals surface area contributed by atoms with E-state index in [0.717, 1.165) is 23.9 Å². The van der Waals surface area contributed by atoms with E-state index in [0.29, 0.717) is 33.3 Å². The van der Waals surface area contributed by atoms with Crippen LogP contribution in [0.25, 0.3) is 11.0 Å². The number of hydrazine groups is 1. The first kappa shape index (κ1) is 21.4. The van der Waals surface area contributed by atoms with E-state index in [9.17, 15) is 4.79 Å². The second kappa shape index (κ2) is 9.98. The highest BCUT2D eigenvalue weighted by molar-refractivity contribution is 7.80. The summed E-state index contributed by atoms with van der Waals surface area (Å²) in [6, 6.07) is 12.7. The van der Waals surface area contributed by atoms with Crippen LogP contribution in [0.15, 0.2) is 42.5 Å². The number of hydrogen-bond acceptors (Lipinski definition) is 4. The van der Waals surface area contributed by atoms with Gasteiger partial charge in [-0.3, -0.25) is 15.6 Å². The van der Waals surface area contributed by atoms with Crippen LogP contribution in [0.4, 0.5) is 0 Å². The summed E-state index contributed by atoms with van der Waals surface area (Å²) in [5.74, 6) is 1.06. The SMILES string of the molecule is O=C(NNC(=S)NC1CCCCC1)c1ccc(OCc2nc3ccc(Cl)cc3[nH]2)cc1. The van der Waals surface area contributed by atoms with E-state index in [1.165, 1.54) is 19.3 Å². The number of ether oxygens (including phenoxy) is 1.